The molecule has 23 heavy (non-hydrogen) atoms. The van der Waals surface area contributed by atoms with Gasteiger partial charge in [-0.25, -0.2) is 4.79 Å². The molecule has 0 atom stereocenters. The van der Waals surface area contributed by atoms with E-state index >= 15 is 0 Å². The van der Waals surface area contributed by atoms with E-state index in [1.165, 1.54) is 19.6 Å². The molecule has 2 aromatic carbocycles. The summed E-state index contributed by atoms with van der Waals surface area (Å²) in [7, 11) is 1.29. The molecule has 0 N–H and O–H groups in total. The molecular formula is C19H20O4. The zero-order valence-corrected chi connectivity index (χ0v) is 13.6. The van der Waals surface area contributed by atoms with E-state index in [1.54, 1.807) is 18.2 Å². The standard InChI is InChI=1S/C19H20O4/c1-4-14-7-5-6-8-15(14)12-23-16-9-10-17(13(2)20)18(11-16)19(21)22-3/h5-11H,4,12H2,1-3H3. The molecule has 0 aliphatic heterocycles. The maximum absolute atomic E-state index is 11.8. The molecule has 2 rings (SSSR count). The number of rotatable bonds is 6. The van der Waals surface area contributed by atoms with Gasteiger partial charge in [-0.2, -0.15) is 0 Å². The fraction of sp³-hybridized carbons (Fsp3) is 0.263. The zero-order chi connectivity index (χ0) is 16.8. The Balaban J connectivity index is 2.24. The first-order valence-electron chi connectivity index (χ1n) is 7.49. The van der Waals surface area contributed by atoms with Gasteiger partial charge in [0, 0.05) is 5.56 Å². The predicted octanol–water partition coefficient (Wildman–Crippen LogP) is 3.82. The van der Waals surface area contributed by atoms with Gasteiger partial charge in [0.25, 0.3) is 0 Å². The lowest BCUT2D eigenvalue weighted by atomic mass is 10.0. The largest absolute Gasteiger partial charge is 0.489 e. The highest BCUT2D eigenvalue weighted by Crippen LogP contribution is 2.21. The lowest BCUT2D eigenvalue weighted by molar-refractivity contribution is 0.0596. The third kappa shape index (κ3) is 3.97. The number of ether oxygens (including phenoxy) is 2. The van der Waals surface area contributed by atoms with Gasteiger partial charge in [0.1, 0.15) is 12.4 Å². The van der Waals surface area contributed by atoms with E-state index < -0.39 is 5.97 Å². The van der Waals surface area contributed by atoms with Crippen LogP contribution in [-0.2, 0) is 17.8 Å². The summed E-state index contributed by atoms with van der Waals surface area (Å²) < 4.78 is 10.5. The van der Waals surface area contributed by atoms with Crippen LogP contribution in [0, 0.1) is 0 Å². The molecule has 0 spiro atoms. The molecule has 0 unspecified atom stereocenters. The molecule has 4 nitrogen and oxygen atoms in total. The Morgan fingerprint density at radius 1 is 1.00 bits per heavy atom. The Morgan fingerprint density at radius 3 is 2.30 bits per heavy atom. The van der Waals surface area contributed by atoms with Gasteiger partial charge in [-0.1, -0.05) is 31.2 Å². The number of Topliss-reactive ketones (excluding diaryl/α,β-unsaturated/α-hetero) is 1. The van der Waals surface area contributed by atoms with E-state index in [2.05, 4.69) is 13.0 Å². The summed E-state index contributed by atoms with van der Waals surface area (Å²) in [5, 5.41) is 0. The Morgan fingerprint density at radius 2 is 1.70 bits per heavy atom. The SMILES string of the molecule is CCc1ccccc1COc1ccc(C(C)=O)c(C(=O)OC)c1. The van der Waals surface area contributed by atoms with Crippen LogP contribution < -0.4 is 4.74 Å². The Kier molecular flexibility index (Phi) is 5.52. The number of aryl methyl sites for hydroxylation is 1. The summed E-state index contributed by atoms with van der Waals surface area (Å²) in [5.74, 6) is -0.204. The summed E-state index contributed by atoms with van der Waals surface area (Å²) in [6, 6.07) is 12.9. The molecule has 0 aliphatic carbocycles. The maximum Gasteiger partial charge on any atom is 0.338 e. The van der Waals surface area contributed by atoms with Crippen LogP contribution in [0.1, 0.15) is 45.7 Å². The van der Waals surface area contributed by atoms with Crippen molar-refractivity contribution in [2.24, 2.45) is 0 Å². The van der Waals surface area contributed by atoms with Gasteiger partial charge in [0.05, 0.1) is 12.7 Å². The van der Waals surface area contributed by atoms with Crippen molar-refractivity contribution in [3.63, 3.8) is 0 Å². The van der Waals surface area contributed by atoms with Crippen molar-refractivity contribution in [2.75, 3.05) is 7.11 Å². The molecule has 0 aromatic heterocycles. The van der Waals surface area contributed by atoms with Crippen LogP contribution in [0.4, 0.5) is 0 Å². The average molecular weight is 312 g/mol. The fourth-order valence-corrected chi connectivity index (χ4v) is 2.40. The molecular weight excluding hydrogens is 292 g/mol. The molecule has 0 heterocycles. The van der Waals surface area contributed by atoms with Gasteiger partial charge in [-0.05, 0) is 42.7 Å². The van der Waals surface area contributed by atoms with Crippen LogP contribution in [-0.4, -0.2) is 18.9 Å². The van der Waals surface area contributed by atoms with Crippen LogP contribution in [0.15, 0.2) is 42.5 Å². The summed E-state index contributed by atoms with van der Waals surface area (Å²) >= 11 is 0. The van der Waals surface area contributed by atoms with Gasteiger partial charge >= 0.3 is 5.97 Å². The lowest BCUT2D eigenvalue weighted by Crippen LogP contribution is -2.09. The first-order chi connectivity index (χ1) is 11.1. The van der Waals surface area contributed by atoms with Crippen LogP contribution in [0.25, 0.3) is 0 Å². The number of benzene rings is 2. The summed E-state index contributed by atoms with van der Waals surface area (Å²) in [5.41, 5.74) is 2.88. The number of methoxy groups -OCH3 is 1. The molecule has 120 valence electrons. The summed E-state index contributed by atoms with van der Waals surface area (Å²) in [4.78, 5) is 23.4. The third-order valence-electron chi connectivity index (χ3n) is 3.67. The van der Waals surface area contributed by atoms with E-state index in [0.29, 0.717) is 17.9 Å². The van der Waals surface area contributed by atoms with Gasteiger partial charge in [-0.3, -0.25) is 4.79 Å². The quantitative estimate of drug-likeness (QED) is 0.601. The number of hydrogen-bond donors (Lipinski definition) is 0. The van der Waals surface area contributed by atoms with Crippen molar-refractivity contribution in [1.29, 1.82) is 0 Å². The lowest BCUT2D eigenvalue weighted by Gasteiger charge is -2.12. The topological polar surface area (TPSA) is 52.6 Å². The molecule has 0 bridgehead atoms. The Hall–Kier alpha value is -2.62. The first kappa shape index (κ1) is 16.7. The Labute approximate surface area is 136 Å². The van der Waals surface area contributed by atoms with E-state index in [0.717, 1.165) is 12.0 Å². The van der Waals surface area contributed by atoms with E-state index in [9.17, 15) is 9.59 Å². The highest BCUT2D eigenvalue weighted by Gasteiger charge is 2.16. The second-order valence-corrected chi connectivity index (χ2v) is 5.17. The number of ketones is 1. The maximum atomic E-state index is 11.8. The smallest absolute Gasteiger partial charge is 0.338 e. The monoisotopic (exact) mass is 312 g/mol. The number of esters is 1. The van der Waals surface area contributed by atoms with Gasteiger partial charge in [0.2, 0.25) is 0 Å². The second-order valence-electron chi connectivity index (χ2n) is 5.17. The number of carbonyl (C=O) groups excluding carboxylic acids is 2. The highest BCUT2D eigenvalue weighted by molar-refractivity contribution is 6.05. The Bertz CT molecular complexity index is 719. The molecule has 0 fully saturated rings. The molecule has 2 aromatic rings. The molecule has 4 heteroatoms. The minimum Gasteiger partial charge on any atom is -0.489 e. The zero-order valence-electron chi connectivity index (χ0n) is 13.6. The fourth-order valence-electron chi connectivity index (χ4n) is 2.40. The second kappa shape index (κ2) is 7.58. The highest BCUT2D eigenvalue weighted by atomic mass is 16.5. The molecule has 0 amide bonds. The van der Waals surface area contributed by atoms with Gasteiger partial charge in [0.15, 0.2) is 5.78 Å². The van der Waals surface area contributed by atoms with Crippen molar-refractivity contribution in [1.82, 2.24) is 0 Å². The first-order valence-corrected chi connectivity index (χ1v) is 7.49. The van der Waals surface area contributed by atoms with E-state index in [4.69, 9.17) is 9.47 Å². The van der Waals surface area contributed by atoms with Crippen molar-refractivity contribution in [3.8, 4) is 5.75 Å². The van der Waals surface area contributed by atoms with Crippen LogP contribution in [0.5, 0.6) is 5.75 Å². The minimum atomic E-state index is -0.547. The third-order valence-corrected chi connectivity index (χ3v) is 3.67. The molecule has 0 aliphatic rings. The van der Waals surface area contributed by atoms with E-state index in [-0.39, 0.29) is 11.3 Å². The van der Waals surface area contributed by atoms with Crippen LogP contribution in [0.2, 0.25) is 0 Å². The van der Waals surface area contributed by atoms with Gasteiger partial charge in [-0.15, -0.1) is 0 Å². The summed E-state index contributed by atoms with van der Waals surface area (Å²) in [6.45, 7) is 3.92. The average Bonchev–Trinajstić information content (AvgIpc) is 2.59. The number of carbonyl (C=O) groups is 2. The normalized spacial score (nSPS) is 10.2. The van der Waals surface area contributed by atoms with E-state index in [1.807, 2.05) is 18.2 Å². The number of hydrogen-bond acceptors (Lipinski definition) is 4. The van der Waals surface area contributed by atoms with Crippen molar-refractivity contribution < 1.29 is 19.1 Å². The van der Waals surface area contributed by atoms with Crippen molar-refractivity contribution in [3.05, 3.63) is 64.7 Å². The summed E-state index contributed by atoms with van der Waals surface area (Å²) in [6.07, 6.45) is 0.927. The molecule has 0 radical (unpaired) electrons. The molecule has 0 saturated heterocycles. The van der Waals surface area contributed by atoms with Gasteiger partial charge < -0.3 is 9.47 Å². The van der Waals surface area contributed by atoms with Crippen LogP contribution >= 0.6 is 0 Å². The minimum absolute atomic E-state index is 0.187. The van der Waals surface area contributed by atoms with Crippen molar-refractivity contribution >= 4 is 11.8 Å². The van der Waals surface area contributed by atoms with Crippen LogP contribution in [0.3, 0.4) is 0 Å². The molecule has 0 saturated carbocycles. The van der Waals surface area contributed by atoms with Crippen molar-refractivity contribution in [2.45, 2.75) is 26.9 Å². The predicted molar refractivity (Wildman–Crippen MR) is 87.9 cm³/mol.